The Morgan fingerprint density at radius 3 is 2.26 bits per heavy atom. The van der Waals surface area contributed by atoms with E-state index < -0.39 is 30.1 Å². The molecule has 4 aliphatic rings. The molecule has 2 aromatic carbocycles. The van der Waals surface area contributed by atoms with Crippen LogP contribution >= 0.6 is 18.7 Å². The van der Waals surface area contributed by atoms with Gasteiger partial charge in [-0.25, -0.2) is 4.90 Å². The molecule has 6 heteroatoms. The Bertz CT molecular complexity index is 1200. The third-order valence-electron chi connectivity index (χ3n) is 7.34. The molecule has 2 bridgehead atoms. The van der Waals surface area contributed by atoms with E-state index in [0.717, 1.165) is 22.0 Å². The van der Waals surface area contributed by atoms with Crippen molar-refractivity contribution in [2.45, 2.75) is 33.4 Å². The fourth-order valence-electron chi connectivity index (χ4n) is 6.27. The van der Waals surface area contributed by atoms with E-state index in [1.54, 1.807) is 12.1 Å². The average Bonchev–Trinajstić information content (AvgIpc) is 2.95. The van der Waals surface area contributed by atoms with E-state index in [0.29, 0.717) is 16.9 Å². The van der Waals surface area contributed by atoms with Crippen LogP contribution in [-0.4, -0.2) is 23.6 Å². The highest BCUT2D eigenvalue weighted by molar-refractivity contribution is 7.73. The summed E-state index contributed by atoms with van der Waals surface area (Å²) < 4.78 is 14.8. The maximum Gasteiger partial charge on any atom is 0.238 e. The van der Waals surface area contributed by atoms with Crippen molar-refractivity contribution >= 4 is 41.5 Å². The molecule has 0 saturated carbocycles. The molecule has 3 heterocycles. The molecule has 6 rings (SSSR count). The number of anilines is 1. The van der Waals surface area contributed by atoms with Gasteiger partial charge >= 0.3 is 0 Å². The molecule has 2 aromatic rings. The quantitative estimate of drug-likeness (QED) is 0.478. The largest absolute Gasteiger partial charge is 0.318 e. The molecule has 2 saturated heterocycles. The highest BCUT2D eigenvalue weighted by Gasteiger charge is 2.69. The lowest BCUT2D eigenvalue weighted by atomic mass is 9.67. The zero-order chi connectivity index (χ0) is 22.3. The third kappa shape index (κ3) is 2.64. The predicted molar refractivity (Wildman–Crippen MR) is 125 cm³/mol. The van der Waals surface area contributed by atoms with Crippen LogP contribution < -0.4 is 10.2 Å². The van der Waals surface area contributed by atoms with Crippen LogP contribution in [0.3, 0.4) is 0 Å². The van der Waals surface area contributed by atoms with Gasteiger partial charge in [-0.1, -0.05) is 60.5 Å². The van der Waals surface area contributed by atoms with Crippen LogP contribution in [0.15, 0.2) is 53.6 Å². The van der Waals surface area contributed by atoms with Crippen molar-refractivity contribution in [2.24, 2.45) is 17.3 Å². The molecule has 0 N–H and O–H groups in total. The number of allylic oxidation sites excluding steroid dienone is 2. The Morgan fingerprint density at radius 2 is 1.65 bits per heavy atom. The fraction of sp³-hybridized carbons (Fsp3) is 0.360. The lowest BCUT2D eigenvalue weighted by Crippen LogP contribution is -2.53. The number of benzene rings is 2. The first-order valence-corrected chi connectivity index (χ1v) is 12.9. The lowest BCUT2D eigenvalue weighted by Gasteiger charge is -2.52. The Morgan fingerprint density at radius 1 is 1.03 bits per heavy atom. The average molecular weight is 454 g/mol. The molecule has 1 aliphatic carbocycles. The normalized spacial score (nSPS) is 34.2. The maximum absolute atomic E-state index is 14.8. The van der Waals surface area contributed by atoms with E-state index in [1.165, 1.54) is 4.90 Å². The monoisotopic (exact) mass is 453 g/mol. The molecule has 2 fully saturated rings. The summed E-state index contributed by atoms with van der Waals surface area (Å²) in [5.74, 6) is -1.74. The molecule has 0 aromatic heterocycles. The van der Waals surface area contributed by atoms with E-state index in [1.807, 2.05) is 64.1 Å². The standard InChI is InChI=1S/C25H25ClNO3P/c1-14-10-15(2)22(16(3)11-14)31(30)13-25(4)19(26)12-18(31)20-21(25)24(29)27(23(20)28)17-8-6-5-7-9-17/h5-12,18,20-21H,13H2,1-4H3. The second kappa shape index (κ2) is 6.67. The van der Waals surface area contributed by atoms with Crippen molar-refractivity contribution in [3.63, 3.8) is 0 Å². The van der Waals surface area contributed by atoms with Crippen molar-refractivity contribution in [3.05, 3.63) is 70.3 Å². The first kappa shape index (κ1) is 20.7. The lowest BCUT2D eigenvalue weighted by molar-refractivity contribution is -0.123. The number of fused-ring (bicyclic) bond motifs is 1. The minimum Gasteiger partial charge on any atom is -0.318 e. The van der Waals surface area contributed by atoms with E-state index >= 15 is 0 Å². The van der Waals surface area contributed by atoms with Crippen LogP contribution in [-0.2, 0) is 14.2 Å². The molecule has 31 heavy (non-hydrogen) atoms. The van der Waals surface area contributed by atoms with Gasteiger partial charge in [0.05, 0.1) is 17.5 Å². The summed E-state index contributed by atoms with van der Waals surface area (Å²) in [4.78, 5) is 28.5. The summed E-state index contributed by atoms with van der Waals surface area (Å²) >= 11 is 6.71. The topological polar surface area (TPSA) is 54.5 Å². The van der Waals surface area contributed by atoms with Gasteiger partial charge in [0.2, 0.25) is 11.8 Å². The van der Waals surface area contributed by atoms with Crippen molar-refractivity contribution in [1.82, 2.24) is 0 Å². The predicted octanol–water partition coefficient (Wildman–Crippen LogP) is 4.93. The van der Waals surface area contributed by atoms with E-state index in [4.69, 9.17) is 11.6 Å². The molecule has 5 unspecified atom stereocenters. The number of rotatable bonds is 2. The Kier molecular flexibility index (Phi) is 4.46. The zero-order valence-electron chi connectivity index (χ0n) is 18.1. The number of carbonyl (C=O) groups is 2. The number of carbonyl (C=O) groups excluding carboxylic acids is 2. The van der Waals surface area contributed by atoms with Crippen LogP contribution in [0.2, 0.25) is 0 Å². The second-order valence-corrected chi connectivity index (χ2v) is 12.8. The fourth-order valence-corrected chi connectivity index (χ4v) is 11.3. The van der Waals surface area contributed by atoms with Crippen molar-refractivity contribution in [1.29, 1.82) is 0 Å². The van der Waals surface area contributed by atoms with Gasteiger partial charge in [0, 0.05) is 27.6 Å². The van der Waals surface area contributed by atoms with E-state index in [9.17, 15) is 14.2 Å². The van der Waals surface area contributed by atoms with Crippen LogP contribution in [0.25, 0.3) is 0 Å². The number of hydrogen-bond donors (Lipinski definition) is 0. The molecule has 3 aliphatic heterocycles. The Balaban J connectivity index is 1.70. The van der Waals surface area contributed by atoms with Crippen LogP contribution in [0.1, 0.15) is 23.6 Å². The zero-order valence-corrected chi connectivity index (χ0v) is 19.7. The number of para-hydroxylation sites is 1. The van der Waals surface area contributed by atoms with Crippen molar-refractivity contribution in [3.8, 4) is 0 Å². The molecular weight excluding hydrogens is 429 g/mol. The number of nitrogens with zero attached hydrogens (tertiary/aromatic N) is 1. The molecule has 4 nitrogen and oxygen atoms in total. The summed E-state index contributed by atoms with van der Waals surface area (Å²) in [7, 11) is -3.04. The molecule has 160 valence electrons. The van der Waals surface area contributed by atoms with Gasteiger partial charge in [0.1, 0.15) is 7.14 Å². The van der Waals surface area contributed by atoms with Gasteiger partial charge in [0.25, 0.3) is 0 Å². The van der Waals surface area contributed by atoms with Gasteiger partial charge in [-0.2, -0.15) is 0 Å². The first-order chi connectivity index (χ1) is 14.6. The number of hydrogen-bond acceptors (Lipinski definition) is 3. The summed E-state index contributed by atoms with van der Waals surface area (Å²) in [6.07, 6.45) is 2.14. The van der Waals surface area contributed by atoms with E-state index in [-0.39, 0.29) is 11.8 Å². The van der Waals surface area contributed by atoms with Gasteiger partial charge in [0.15, 0.2) is 0 Å². The first-order valence-electron chi connectivity index (χ1n) is 10.6. The number of halogens is 1. The molecule has 2 amide bonds. The van der Waals surface area contributed by atoms with Gasteiger partial charge in [-0.3, -0.25) is 9.59 Å². The van der Waals surface area contributed by atoms with Crippen LogP contribution in [0.5, 0.6) is 0 Å². The number of amides is 2. The van der Waals surface area contributed by atoms with Gasteiger partial charge in [-0.15, -0.1) is 0 Å². The number of imide groups is 1. The van der Waals surface area contributed by atoms with Gasteiger partial charge in [-0.05, 0) is 44.0 Å². The molecule has 5 atom stereocenters. The maximum atomic E-state index is 14.8. The summed E-state index contributed by atoms with van der Waals surface area (Å²) in [5, 5.41) is 1.41. The smallest absolute Gasteiger partial charge is 0.238 e. The highest BCUT2D eigenvalue weighted by atomic mass is 35.5. The minimum atomic E-state index is -3.04. The Hall–Kier alpha value is -2.16. The summed E-state index contributed by atoms with van der Waals surface area (Å²) in [6.45, 7) is 7.91. The van der Waals surface area contributed by atoms with E-state index in [2.05, 4.69) is 0 Å². The summed E-state index contributed by atoms with van der Waals surface area (Å²) in [5.41, 5.74) is 2.26. The third-order valence-corrected chi connectivity index (χ3v) is 11.9. The molecule has 0 radical (unpaired) electrons. The van der Waals surface area contributed by atoms with Crippen LogP contribution in [0.4, 0.5) is 5.69 Å². The highest BCUT2D eigenvalue weighted by Crippen LogP contribution is 2.72. The van der Waals surface area contributed by atoms with Crippen LogP contribution in [0, 0.1) is 38.0 Å². The SMILES string of the molecule is Cc1cc(C)c(P2(=O)CC3(C)C(Cl)=CC2C2C(=O)N(c4ccccc4)C(=O)C23)c(C)c1. The number of aryl methyl sites for hydroxylation is 3. The summed E-state index contributed by atoms with van der Waals surface area (Å²) in [6, 6.07) is 13.1. The molecular formula is C25H25ClNO3P. The van der Waals surface area contributed by atoms with Crippen molar-refractivity contribution < 1.29 is 14.2 Å². The molecule has 0 spiro atoms. The minimum absolute atomic E-state index is 0.233. The second-order valence-electron chi connectivity index (χ2n) is 9.47. The van der Waals surface area contributed by atoms with Crippen molar-refractivity contribution in [2.75, 3.05) is 11.1 Å². The van der Waals surface area contributed by atoms with Gasteiger partial charge < -0.3 is 4.57 Å². The Labute approximate surface area is 187 Å².